The van der Waals surface area contributed by atoms with Crippen LogP contribution in [0.25, 0.3) is 0 Å². The van der Waals surface area contributed by atoms with E-state index in [4.69, 9.17) is 5.73 Å². The van der Waals surface area contributed by atoms with Gasteiger partial charge in [-0.1, -0.05) is 20.8 Å². The van der Waals surface area contributed by atoms with Crippen molar-refractivity contribution in [2.75, 3.05) is 35.6 Å². The van der Waals surface area contributed by atoms with Gasteiger partial charge in [0.15, 0.2) is 0 Å². The highest BCUT2D eigenvalue weighted by atomic mass is 15.3. The first kappa shape index (κ1) is 14.8. The van der Waals surface area contributed by atoms with Crippen LogP contribution in [0.2, 0.25) is 0 Å². The molecule has 3 N–H and O–H groups in total. The zero-order valence-electron chi connectivity index (χ0n) is 12.8. The number of nitrogens with one attached hydrogen (secondary N) is 1. The molecule has 0 saturated carbocycles. The Kier molecular flexibility index (Phi) is 4.98. The first-order valence-corrected chi connectivity index (χ1v) is 7.56. The number of aromatic nitrogens is 3. The molecule has 0 radical (unpaired) electrons. The predicted molar refractivity (Wildman–Crippen MR) is 82.8 cm³/mol. The molecular weight excluding hydrogens is 252 g/mol. The number of piperidine rings is 1. The Balaban J connectivity index is 2.04. The Morgan fingerprint density at radius 2 is 1.80 bits per heavy atom. The van der Waals surface area contributed by atoms with Gasteiger partial charge in [0.05, 0.1) is 0 Å². The van der Waals surface area contributed by atoms with E-state index in [1.807, 2.05) is 0 Å². The lowest BCUT2D eigenvalue weighted by atomic mass is 9.98. The second-order valence-electron chi connectivity index (χ2n) is 5.97. The van der Waals surface area contributed by atoms with E-state index in [-0.39, 0.29) is 0 Å². The molecule has 0 spiro atoms. The molecule has 1 atom stereocenters. The summed E-state index contributed by atoms with van der Waals surface area (Å²) in [5, 5.41) is 3.28. The van der Waals surface area contributed by atoms with Gasteiger partial charge in [0, 0.05) is 19.6 Å². The summed E-state index contributed by atoms with van der Waals surface area (Å²) in [6, 6.07) is 0. The van der Waals surface area contributed by atoms with Gasteiger partial charge in [-0.15, -0.1) is 0 Å². The van der Waals surface area contributed by atoms with Crippen molar-refractivity contribution in [1.82, 2.24) is 15.0 Å². The van der Waals surface area contributed by atoms with Crippen molar-refractivity contribution in [2.24, 2.45) is 11.8 Å². The Morgan fingerprint density at radius 1 is 1.10 bits per heavy atom. The fourth-order valence-corrected chi connectivity index (χ4v) is 2.18. The lowest BCUT2D eigenvalue weighted by Gasteiger charge is -2.26. The van der Waals surface area contributed by atoms with Gasteiger partial charge in [0.1, 0.15) is 0 Å². The van der Waals surface area contributed by atoms with Crippen molar-refractivity contribution < 1.29 is 0 Å². The van der Waals surface area contributed by atoms with Crippen molar-refractivity contribution >= 4 is 17.8 Å². The van der Waals surface area contributed by atoms with Gasteiger partial charge in [-0.25, -0.2) is 0 Å². The maximum absolute atomic E-state index is 5.80. The third kappa shape index (κ3) is 3.95. The summed E-state index contributed by atoms with van der Waals surface area (Å²) in [4.78, 5) is 15.1. The van der Waals surface area contributed by atoms with Crippen LogP contribution in [0.1, 0.15) is 40.0 Å². The van der Waals surface area contributed by atoms with Crippen molar-refractivity contribution in [1.29, 1.82) is 0 Å². The molecule has 1 aromatic rings. The second-order valence-corrected chi connectivity index (χ2v) is 5.97. The van der Waals surface area contributed by atoms with Crippen molar-refractivity contribution in [3.05, 3.63) is 0 Å². The molecule has 1 aliphatic heterocycles. The molecule has 20 heavy (non-hydrogen) atoms. The Labute approximate surface area is 121 Å². The van der Waals surface area contributed by atoms with Crippen LogP contribution < -0.4 is 16.0 Å². The molecule has 1 unspecified atom stereocenters. The zero-order valence-corrected chi connectivity index (χ0v) is 12.8. The minimum Gasteiger partial charge on any atom is -0.368 e. The van der Waals surface area contributed by atoms with Gasteiger partial charge in [-0.2, -0.15) is 15.0 Å². The summed E-state index contributed by atoms with van der Waals surface area (Å²) in [5.41, 5.74) is 5.80. The molecule has 0 aromatic carbocycles. The standard InChI is InChI=1S/C14H26N6/c1-10(2)11(3)9-16-13-17-12(15)18-14(19-13)20-7-5-4-6-8-20/h10-11H,4-9H2,1-3H3,(H3,15,16,17,18,19). The summed E-state index contributed by atoms with van der Waals surface area (Å²) in [6.07, 6.45) is 3.67. The Hall–Kier alpha value is -1.59. The largest absolute Gasteiger partial charge is 0.368 e. The summed E-state index contributed by atoms with van der Waals surface area (Å²) >= 11 is 0. The van der Waals surface area contributed by atoms with Crippen LogP contribution in [0.3, 0.4) is 0 Å². The Bertz CT molecular complexity index is 428. The van der Waals surface area contributed by atoms with Gasteiger partial charge in [-0.3, -0.25) is 0 Å². The summed E-state index contributed by atoms with van der Waals surface area (Å²) in [7, 11) is 0. The molecule has 2 heterocycles. The van der Waals surface area contributed by atoms with Crippen LogP contribution in [0.15, 0.2) is 0 Å². The number of rotatable bonds is 5. The number of hydrogen-bond donors (Lipinski definition) is 2. The molecule has 0 aliphatic carbocycles. The first-order valence-electron chi connectivity index (χ1n) is 7.56. The highest BCUT2D eigenvalue weighted by Gasteiger charge is 2.16. The normalized spacial score (nSPS) is 17.3. The SMILES string of the molecule is CC(C)C(C)CNc1nc(N)nc(N2CCCCC2)n1. The number of nitrogen functional groups attached to an aromatic ring is 1. The van der Waals surface area contributed by atoms with Crippen molar-refractivity contribution in [2.45, 2.75) is 40.0 Å². The molecule has 1 aromatic heterocycles. The maximum Gasteiger partial charge on any atom is 0.231 e. The highest BCUT2D eigenvalue weighted by molar-refractivity contribution is 5.42. The summed E-state index contributed by atoms with van der Waals surface area (Å²) < 4.78 is 0. The van der Waals surface area contributed by atoms with Crippen LogP contribution in [0.4, 0.5) is 17.8 Å². The van der Waals surface area contributed by atoms with Crippen LogP contribution in [0, 0.1) is 11.8 Å². The van der Waals surface area contributed by atoms with Crippen LogP contribution in [-0.2, 0) is 0 Å². The van der Waals surface area contributed by atoms with Gasteiger partial charge < -0.3 is 16.0 Å². The van der Waals surface area contributed by atoms with Crippen LogP contribution in [0.5, 0.6) is 0 Å². The zero-order chi connectivity index (χ0) is 14.5. The molecule has 0 bridgehead atoms. The molecule has 1 saturated heterocycles. The van der Waals surface area contributed by atoms with Gasteiger partial charge in [0.2, 0.25) is 17.8 Å². The van der Waals surface area contributed by atoms with E-state index < -0.39 is 0 Å². The molecule has 1 fully saturated rings. The number of nitrogens with two attached hydrogens (primary N) is 1. The molecule has 112 valence electrons. The number of nitrogens with zero attached hydrogens (tertiary/aromatic N) is 4. The smallest absolute Gasteiger partial charge is 0.231 e. The van der Waals surface area contributed by atoms with Crippen LogP contribution in [-0.4, -0.2) is 34.6 Å². The van der Waals surface area contributed by atoms with E-state index in [1.165, 1.54) is 19.3 Å². The lowest BCUT2D eigenvalue weighted by Crippen LogP contribution is -2.31. The number of anilines is 3. The lowest BCUT2D eigenvalue weighted by molar-refractivity contribution is 0.439. The first-order chi connectivity index (χ1) is 9.56. The third-order valence-corrected chi connectivity index (χ3v) is 4.00. The molecule has 6 heteroatoms. The minimum atomic E-state index is 0.292. The maximum atomic E-state index is 5.80. The highest BCUT2D eigenvalue weighted by Crippen LogP contribution is 2.18. The number of hydrogen-bond acceptors (Lipinski definition) is 6. The van der Waals surface area contributed by atoms with E-state index in [2.05, 4.69) is 45.9 Å². The van der Waals surface area contributed by atoms with E-state index in [9.17, 15) is 0 Å². The molecule has 1 aliphatic rings. The molecule has 6 nitrogen and oxygen atoms in total. The van der Waals surface area contributed by atoms with Gasteiger partial charge >= 0.3 is 0 Å². The topological polar surface area (TPSA) is 80.0 Å². The predicted octanol–water partition coefficient (Wildman–Crippen LogP) is 2.15. The average molecular weight is 278 g/mol. The quantitative estimate of drug-likeness (QED) is 0.859. The van der Waals surface area contributed by atoms with E-state index in [0.29, 0.717) is 29.7 Å². The fourth-order valence-electron chi connectivity index (χ4n) is 2.18. The van der Waals surface area contributed by atoms with Gasteiger partial charge in [-0.05, 0) is 31.1 Å². The summed E-state index contributed by atoms with van der Waals surface area (Å²) in [5.74, 6) is 2.78. The molecule has 0 amide bonds. The molecule has 2 rings (SSSR count). The average Bonchev–Trinajstić information content (AvgIpc) is 2.45. The summed E-state index contributed by atoms with van der Waals surface area (Å²) in [6.45, 7) is 9.51. The Morgan fingerprint density at radius 3 is 2.45 bits per heavy atom. The van der Waals surface area contributed by atoms with E-state index >= 15 is 0 Å². The van der Waals surface area contributed by atoms with E-state index in [1.54, 1.807) is 0 Å². The fraction of sp³-hybridized carbons (Fsp3) is 0.786. The van der Waals surface area contributed by atoms with Crippen molar-refractivity contribution in [3.8, 4) is 0 Å². The van der Waals surface area contributed by atoms with Crippen LogP contribution >= 0.6 is 0 Å². The van der Waals surface area contributed by atoms with Crippen molar-refractivity contribution in [3.63, 3.8) is 0 Å². The minimum absolute atomic E-state index is 0.292. The third-order valence-electron chi connectivity index (χ3n) is 4.00. The second kappa shape index (κ2) is 6.72. The van der Waals surface area contributed by atoms with E-state index in [0.717, 1.165) is 19.6 Å². The molecular formula is C14H26N6. The van der Waals surface area contributed by atoms with Gasteiger partial charge in [0.25, 0.3) is 0 Å². The monoisotopic (exact) mass is 278 g/mol.